The first-order valence-corrected chi connectivity index (χ1v) is 8.70. The molecule has 2 N–H and O–H groups in total. The highest BCUT2D eigenvalue weighted by molar-refractivity contribution is 5.82. The van der Waals surface area contributed by atoms with Crippen molar-refractivity contribution in [3.8, 4) is 0 Å². The molecule has 0 aliphatic carbocycles. The van der Waals surface area contributed by atoms with Crippen molar-refractivity contribution in [3.05, 3.63) is 42.1 Å². The van der Waals surface area contributed by atoms with Gasteiger partial charge in [0.15, 0.2) is 5.96 Å². The third-order valence-corrected chi connectivity index (χ3v) is 3.78. The van der Waals surface area contributed by atoms with Crippen LogP contribution in [0, 0.1) is 0 Å². The number of benzene rings is 1. The third-order valence-electron chi connectivity index (χ3n) is 3.78. The van der Waals surface area contributed by atoms with Gasteiger partial charge in [0.2, 0.25) is 0 Å². The molecule has 0 spiro atoms. The summed E-state index contributed by atoms with van der Waals surface area (Å²) in [5.74, 6) is 0.914. The van der Waals surface area contributed by atoms with Crippen LogP contribution in [0.3, 0.4) is 0 Å². The summed E-state index contributed by atoms with van der Waals surface area (Å²) in [4.78, 5) is 9.13. The van der Waals surface area contributed by atoms with Crippen molar-refractivity contribution in [2.45, 2.75) is 39.5 Å². The van der Waals surface area contributed by atoms with E-state index < -0.39 is 0 Å². The van der Waals surface area contributed by atoms with Gasteiger partial charge in [-0.15, -0.1) is 0 Å². The summed E-state index contributed by atoms with van der Waals surface area (Å²) >= 11 is 0. The molecule has 0 amide bonds. The number of unbranched alkanes of at least 4 members (excludes halogenated alkanes) is 2. The minimum Gasteiger partial charge on any atom is -0.357 e. The second-order valence-corrected chi connectivity index (χ2v) is 5.64. The molecule has 0 saturated heterocycles. The van der Waals surface area contributed by atoms with Crippen LogP contribution in [0.25, 0.3) is 10.9 Å². The summed E-state index contributed by atoms with van der Waals surface area (Å²) in [6.07, 6.45) is 6.42. The van der Waals surface area contributed by atoms with E-state index in [4.69, 9.17) is 0 Å². The normalized spacial score (nSPS) is 11.7. The second-order valence-electron chi connectivity index (χ2n) is 5.64. The lowest BCUT2D eigenvalue weighted by atomic mass is 10.1. The molecule has 1 heterocycles. The maximum atomic E-state index is 4.62. The van der Waals surface area contributed by atoms with Gasteiger partial charge in [0.25, 0.3) is 0 Å². The fourth-order valence-corrected chi connectivity index (χ4v) is 2.58. The van der Waals surface area contributed by atoms with E-state index in [1.807, 2.05) is 12.3 Å². The first-order chi connectivity index (χ1) is 11.3. The lowest BCUT2D eigenvalue weighted by Gasteiger charge is -2.12. The van der Waals surface area contributed by atoms with Crippen LogP contribution in [-0.4, -0.2) is 30.6 Å². The summed E-state index contributed by atoms with van der Waals surface area (Å²) < 4.78 is 0. The lowest BCUT2D eigenvalue weighted by molar-refractivity contribution is 0.717. The first kappa shape index (κ1) is 17.3. The summed E-state index contributed by atoms with van der Waals surface area (Å²) in [7, 11) is 0. The lowest BCUT2D eigenvalue weighted by Crippen LogP contribution is -2.38. The summed E-state index contributed by atoms with van der Waals surface area (Å²) in [6.45, 7) is 6.94. The molecular formula is C19H28N4. The van der Waals surface area contributed by atoms with E-state index >= 15 is 0 Å². The zero-order chi connectivity index (χ0) is 16.3. The maximum Gasteiger partial charge on any atom is 0.191 e. The molecule has 0 fully saturated rings. The minimum absolute atomic E-state index is 0.856. The van der Waals surface area contributed by atoms with Gasteiger partial charge in [0.1, 0.15) is 0 Å². The third kappa shape index (κ3) is 5.55. The maximum absolute atomic E-state index is 4.62. The number of guanidine groups is 1. The molecular weight excluding hydrogens is 284 g/mol. The largest absolute Gasteiger partial charge is 0.357 e. The van der Waals surface area contributed by atoms with Gasteiger partial charge in [0, 0.05) is 31.2 Å². The van der Waals surface area contributed by atoms with Crippen LogP contribution in [0.5, 0.6) is 0 Å². The molecule has 2 aromatic rings. The van der Waals surface area contributed by atoms with Gasteiger partial charge in [-0.25, -0.2) is 0 Å². The van der Waals surface area contributed by atoms with Crippen molar-refractivity contribution in [2.24, 2.45) is 4.99 Å². The number of pyridine rings is 1. The smallest absolute Gasteiger partial charge is 0.191 e. The molecule has 1 aromatic heterocycles. The highest BCUT2D eigenvalue weighted by Gasteiger charge is 2.02. The summed E-state index contributed by atoms with van der Waals surface area (Å²) in [6, 6.07) is 10.5. The molecule has 0 unspecified atom stereocenters. The van der Waals surface area contributed by atoms with Gasteiger partial charge in [0.05, 0.1) is 5.52 Å². The molecule has 4 nitrogen and oxygen atoms in total. The zero-order valence-electron chi connectivity index (χ0n) is 14.3. The Balaban J connectivity index is 1.90. The number of para-hydroxylation sites is 1. The van der Waals surface area contributed by atoms with Crippen LogP contribution < -0.4 is 10.6 Å². The molecule has 0 radical (unpaired) electrons. The Hall–Kier alpha value is -2.10. The topological polar surface area (TPSA) is 49.3 Å². The predicted octanol–water partition coefficient (Wildman–Crippen LogP) is 3.52. The van der Waals surface area contributed by atoms with Crippen molar-refractivity contribution in [2.75, 3.05) is 19.6 Å². The van der Waals surface area contributed by atoms with Crippen molar-refractivity contribution >= 4 is 16.9 Å². The van der Waals surface area contributed by atoms with Gasteiger partial charge in [-0.2, -0.15) is 0 Å². The standard InChI is InChI=1S/C19H28N4/c1-3-5-6-13-22-19(20-4-2)23-15-12-17-10-7-9-16-11-8-14-21-18(16)17/h7-11,14H,3-6,12-13,15H2,1-2H3,(H2,20,22,23). The Morgan fingerprint density at radius 1 is 1.09 bits per heavy atom. The molecule has 0 atom stereocenters. The molecule has 0 bridgehead atoms. The van der Waals surface area contributed by atoms with Gasteiger partial charge in [-0.3, -0.25) is 9.98 Å². The van der Waals surface area contributed by atoms with Crippen LogP contribution in [0.1, 0.15) is 38.7 Å². The van der Waals surface area contributed by atoms with Crippen LogP contribution in [0.15, 0.2) is 41.5 Å². The van der Waals surface area contributed by atoms with E-state index in [0.717, 1.165) is 44.0 Å². The molecule has 0 aliphatic heterocycles. The molecule has 124 valence electrons. The molecule has 0 aliphatic rings. The summed E-state index contributed by atoms with van der Waals surface area (Å²) in [5.41, 5.74) is 2.37. The molecule has 23 heavy (non-hydrogen) atoms. The van der Waals surface area contributed by atoms with E-state index in [2.05, 4.69) is 58.7 Å². The Kier molecular flexibility index (Phi) is 7.37. The van der Waals surface area contributed by atoms with Gasteiger partial charge >= 0.3 is 0 Å². The van der Waals surface area contributed by atoms with Crippen molar-refractivity contribution in [1.29, 1.82) is 0 Å². The Morgan fingerprint density at radius 3 is 2.78 bits per heavy atom. The Morgan fingerprint density at radius 2 is 1.96 bits per heavy atom. The van der Waals surface area contributed by atoms with E-state index in [9.17, 15) is 0 Å². The average molecular weight is 312 g/mol. The van der Waals surface area contributed by atoms with Crippen molar-refractivity contribution in [1.82, 2.24) is 15.6 Å². The van der Waals surface area contributed by atoms with Crippen molar-refractivity contribution in [3.63, 3.8) is 0 Å². The summed E-state index contributed by atoms with van der Waals surface area (Å²) in [5, 5.41) is 7.93. The fraction of sp³-hybridized carbons (Fsp3) is 0.474. The molecule has 1 aromatic carbocycles. The monoisotopic (exact) mass is 312 g/mol. The van der Waals surface area contributed by atoms with E-state index in [1.54, 1.807) is 0 Å². The zero-order valence-corrected chi connectivity index (χ0v) is 14.3. The number of fused-ring (bicyclic) bond motifs is 1. The number of aromatic nitrogens is 1. The van der Waals surface area contributed by atoms with E-state index in [0.29, 0.717) is 0 Å². The Labute approximate surface area is 139 Å². The number of nitrogens with zero attached hydrogens (tertiary/aromatic N) is 2. The van der Waals surface area contributed by atoms with Crippen LogP contribution in [-0.2, 0) is 6.42 Å². The van der Waals surface area contributed by atoms with Gasteiger partial charge in [-0.05, 0) is 31.4 Å². The average Bonchev–Trinajstić information content (AvgIpc) is 2.59. The Bertz CT molecular complexity index is 616. The van der Waals surface area contributed by atoms with Gasteiger partial charge in [-0.1, -0.05) is 44.0 Å². The number of aliphatic imine (C=N–C) groups is 1. The first-order valence-electron chi connectivity index (χ1n) is 8.70. The number of rotatable bonds is 8. The number of nitrogens with one attached hydrogen (secondary N) is 2. The second kappa shape index (κ2) is 9.82. The SMILES string of the molecule is CCCCCN=C(NCC)NCCc1cccc2cccnc12. The highest BCUT2D eigenvalue weighted by atomic mass is 15.2. The molecule has 0 saturated carbocycles. The van der Waals surface area contributed by atoms with E-state index in [-0.39, 0.29) is 0 Å². The van der Waals surface area contributed by atoms with Crippen LogP contribution >= 0.6 is 0 Å². The molecule has 4 heteroatoms. The number of hydrogen-bond donors (Lipinski definition) is 2. The van der Waals surface area contributed by atoms with Crippen LogP contribution in [0.4, 0.5) is 0 Å². The quantitative estimate of drug-likeness (QED) is 0.445. The van der Waals surface area contributed by atoms with Gasteiger partial charge < -0.3 is 10.6 Å². The van der Waals surface area contributed by atoms with Crippen LogP contribution in [0.2, 0.25) is 0 Å². The fourth-order valence-electron chi connectivity index (χ4n) is 2.58. The van der Waals surface area contributed by atoms with Crippen molar-refractivity contribution < 1.29 is 0 Å². The molecule has 2 rings (SSSR count). The minimum atomic E-state index is 0.856. The highest BCUT2D eigenvalue weighted by Crippen LogP contribution is 2.15. The van der Waals surface area contributed by atoms with E-state index in [1.165, 1.54) is 23.8 Å². The number of hydrogen-bond acceptors (Lipinski definition) is 2. The predicted molar refractivity (Wildman–Crippen MR) is 99.0 cm³/mol.